The number of hydrogen-bond donors (Lipinski definition) is 8. The van der Waals surface area contributed by atoms with Crippen LogP contribution in [-0.2, 0) is 38.4 Å². The minimum atomic E-state index is -0.670. The smallest absolute Gasteiger partial charge is 0.303 e. The summed E-state index contributed by atoms with van der Waals surface area (Å²) < 4.78 is 0. The number of carboxylic acid groups (broad SMARTS) is 8. The summed E-state index contributed by atoms with van der Waals surface area (Å²) in [4.78, 5) is 81.4. The highest BCUT2D eigenvalue weighted by Gasteiger charge is 2.03. The van der Waals surface area contributed by atoms with Crippen LogP contribution in [0.1, 0.15) is 543 Å². The molecule has 0 amide bonds. The fourth-order valence-corrected chi connectivity index (χ4v) is 12.0. The molecule has 0 radical (unpaired) electrons. The molecule has 0 aromatic heterocycles. The maximum absolute atomic E-state index is 10.3. The van der Waals surface area contributed by atoms with Gasteiger partial charge >= 0.3 is 47.8 Å². The monoisotopic (exact) mass is 1550 g/mol. The van der Waals surface area contributed by atoms with Gasteiger partial charge in [-0.2, -0.15) is 0 Å². The lowest BCUT2D eigenvalue weighted by atomic mass is 10.0. The highest BCUT2D eigenvalue weighted by molar-refractivity contribution is 5.68. The van der Waals surface area contributed by atoms with Crippen LogP contribution in [0.15, 0.2) is 0 Å². The Balaban J connectivity index is -0.000000177. The quantitative estimate of drug-likeness (QED) is 0.0263. The number of carboxylic acids is 8. The second kappa shape index (κ2) is 116. The van der Waals surface area contributed by atoms with Gasteiger partial charge in [0.2, 0.25) is 0 Å². The van der Waals surface area contributed by atoms with E-state index in [4.69, 9.17) is 40.9 Å². The van der Waals surface area contributed by atoms with Crippen LogP contribution in [0, 0.1) is 0 Å². The van der Waals surface area contributed by atoms with E-state index >= 15 is 0 Å². The van der Waals surface area contributed by atoms with Crippen molar-refractivity contribution < 1.29 is 79.2 Å². The van der Waals surface area contributed by atoms with Crippen molar-refractivity contribution in [2.24, 2.45) is 0 Å². The molecule has 0 unspecified atom stereocenters. The number of hydrogen-bond acceptors (Lipinski definition) is 8. The van der Waals surface area contributed by atoms with Crippen LogP contribution < -0.4 is 0 Å². The first kappa shape index (κ1) is 119. The molecule has 16 heteroatoms. The summed E-state index contributed by atoms with van der Waals surface area (Å²) in [6, 6.07) is 0. The zero-order valence-corrected chi connectivity index (χ0v) is 72.6. The van der Waals surface area contributed by atoms with Gasteiger partial charge in [0.1, 0.15) is 0 Å². The second-order valence-corrected chi connectivity index (χ2v) is 30.4. The average molecular weight is 1550 g/mol. The molecule has 0 bridgehead atoms. The van der Waals surface area contributed by atoms with E-state index in [2.05, 4.69) is 55.4 Å². The molecule has 0 saturated heterocycles. The van der Waals surface area contributed by atoms with E-state index in [0.29, 0.717) is 51.4 Å². The van der Waals surface area contributed by atoms with E-state index in [0.717, 1.165) is 103 Å². The molecule has 0 rings (SSSR count). The van der Waals surface area contributed by atoms with Gasteiger partial charge in [-0.15, -0.1) is 0 Å². The van der Waals surface area contributed by atoms with Gasteiger partial charge < -0.3 is 40.9 Å². The van der Waals surface area contributed by atoms with Crippen molar-refractivity contribution in [1.29, 1.82) is 0 Å². The Morgan fingerprint density at radius 3 is 0.222 bits per heavy atom. The molecule has 0 fully saturated rings. The summed E-state index contributed by atoms with van der Waals surface area (Å²) in [7, 11) is 0. The molecule has 108 heavy (non-hydrogen) atoms. The van der Waals surface area contributed by atoms with Crippen molar-refractivity contribution in [3.05, 3.63) is 0 Å². The fourth-order valence-electron chi connectivity index (χ4n) is 12.0. The molecular weight excluding hydrogens is 1360 g/mol. The average Bonchev–Trinajstić information content (AvgIpc) is 3.80. The molecule has 0 aliphatic carbocycles. The van der Waals surface area contributed by atoms with Gasteiger partial charge in [-0.3, -0.25) is 38.4 Å². The van der Waals surface area contributed by atoms with Crippen molar-refractivity contribution in [1.82, 2.24) is 0 Å². The number of unbranched alkanes of at least 4 members (excludes halogenated alkanes) is 60. The SMILES string of the molecule is CCCCCCCC(=O)O.CCCCCCCCC(=O)O.CCCCCCCCCC(=O)O.CCCCCCCCCCC(=O)O.CCCCCCCCCCCC(=O)O.CCCCCCCCCCCCC(=O)O.CCCCCCCCCCCCCC(=O)O.CCCCCCCCCCCCCCC(=O)O. The molecule has 0 aromatic rings. The molecular formula is C92H184O16. The Morgan fingerprint density at radius 2 is 0.167 bits per heavy atom. The minimum absolute atomic E-state index is 0.337. The normalized spacial score (nSPS) is 10.3. The zero-order valence-electron chi connectivity index (χ0n) is 72.6. The maximum Gasteiger partial charge on any atom is 0.303 e. The van der Waals surface area contributed by atoms with E-state index in [1.165, 1.54) is 334 Å². The molecule has 8 N–H and O–H groups in total. The third kappa shape index (κ3) is 162. The summed E-state index contributed by atoms with van der Waals surface area (Å²) in [6.45, 7) is 17.7. The van der Waals surface area contributed by atoms with Crippen LogP contribution in [-0.4, -0.2) is 88.6 Å². The topological polar surface area (TPSA) is 298 Å². The lowest BCUT2D eigenvalue weighted by molar-refractivity contribution is -0.138. The largest absolute Gasteiger partial charge is 0.481 e. The van der Waals surface area contributed by atoms with Crippen LogP contribution in [0.2, 0.25) is 0 Å². The molecule has 16 nitrogen and oxygen atoms in total. The van der Waals surface area contributed by atoms with Gasteiger partial charge in [0.25, 0.3) is 0 Å². The molecule has 0 aliphatic rings. The van der Waals surface area contributed by atoms with Gasteiger partial charge in [-0.25, -0.2) is 0 Å². The minimum Gasteiger partial charge on any atom is -0.481 e. The first-order chi connectivity index (χ1) is 52.2. The third-order valence-electron chi connectivity index (χ3n) is 19.0. The number of aliphatic carboxylic acids is 8. The van der Waals surface area contributed by atoms with Gasteiger partial charge in [0, 0.05) is 51.4 Å². The van der Waals surface area contributed by atoms with E-state index < -0.39 is 47.8 Å². The third-order valence-corrected chi connectivity index (χ3v) is 19.0. The van der Waals surface area contributed by atoms with Gasteiger partial charge in [0.15, 0.2) is 0 Å². The summed E-state index contributed by atoms with van der Waals surface area (Å²) in [5.41, 5.74) is 0. The van der Waals surface area contributed by atoms with Crippen molar-refractivity contribution in [2.75, 3.05) is 0 Å². The van der Waals surface area contributed by atoms with Gasteiger partial charge in [-0.05, 0) is 51.4 Å². The molecule has 0 spiro atoms. The lowest BCUT2D eigenvalue weighted by Crippen LogP contribution is -1.93. The van der Waals surface area contributed by atoms with Crippen molar-refractivity contribution in [3.8, 4) is 0 Å². The van der Waals surface area contributed by atoms with Crippen LogP contribution in [0.4, 0.5) is 0 Å². The van der Waals surface area contributed by atoms with Gasteiger partial charge in [-0.1, -0.05) is 441 Å². The Labute approximate surface area is 667 Å². The van der Waals surface area contributed by atoms with Crippen LogP contribution >= 0.6 is 0 Å². The van der Waals surface area contributed by atoms with Crippen molar-refractivity contribution in [3.63, 3.8) is 0 Å². The first-order valence-corrected chi connectivity index (χ1v) is 45.9. The van der Waals surface area contributed by atoms with E-state index in [-0.39, 0.29) is 0 Å². The molecule has 648 valence electrons. The molecule has 0 saturated carbocycles. The van der Waals surface area contributed by atoms with Crippen LogP contribution in [0.25, 0.3) is 0 Å². The Morgan fingerprint density at radius 1 is 0.111 bits per heavy atom. The summed E-state index contributed by atoms with van der Waals surface area (Å²) in [6.07, 6.45) is 86.4. The van der Waals surface area contributed by atoms with Crippen molar-refractivity contribution >= 4 is 47.8 Å². The van der Waals surface area contributed by atoms with E-state index in [1.807, 2.05) is 0 Å². The predicted molar refractivity (Wildman–Crippen MR) is 457 cm³/mol. The zero-order chi connectivity index (χ0) is 82.4. The Hall–Kier alpha value is -4.24. The summed E-state index contributed by atoms with van der Waals surface area (Å²) in [5, 5.41) is 67.1. The molecule has 0 aromatic carbocycles. The lowest BCUT2D eigenvalue weighted by Gasteiger charge is -2.02. The van der Waals surface area contributed by atoms with E-state index in [9.17, 15) is 38.4 Å². The molecule has 0 atom stereocenters. The van der Waals surface area contributed by atoms with E-state index in [1.54, 1.807) is 0 Å². The fraction of sp³-hybridized carbons (Fsp3) is 0.913. The number of carbonyl (C=O) groups is 8. The first-order valence-electron chi connectivity index (χ1n) is 45.9. The van der Waals surface area contributed by atoms with Crippen LogP contribution in [0.3, 0.4) is 0 Å². The molecule has 0 heterocycles. The maximum atomic E-state index is 10.3. The Bertz CT molecular complexity index is 1760. The standard InChI is InChI=1S/C15H30O2.C14H28O2.C13H26O2.C12H24O2.C11H22O2.C10H20O2.C9H18O2.C8H16O2/c1-2-3-4-5-6-7-8-9-10-11-12-13-14-15(16)17;1-2-3-4-5-6-7-8-9-10-11-12-13-14(15)16;1-2-3-4-5-6-7-8-9-10-11-12-13(14)15;1-2-3-4-5-6-7-8-9-10-11-12(13)14;1-2-3-4-5-6-7-8-9-10-11(12)13;1-2-3-4-5-6-7-8-9-10(11)12;1-2-3-4-5-6-7-8-9(10)11;1-2-3-4-5-6-7-8(9)10/h2-14H2,1H3,(H,16,17);2-13H2,1H3,(H,15,16);2-12H2,1H3,(H,14,15);2-11H2,1H3,(H,13,14);2-10H2,1H3,(H,12,13);2-9H2,1H3,(H,11,12);2-8H2,1H3,(H,10,11);2-7H2,1H3,(H,9,10). The van der Waals surface area contributed by atoms with Gasteiger partial charge in [0.05, 0.1) is 0 Å². The highest BCUT2D eigenvalue weighted by atomic mass is 16.4. The second-order valence-electron chi connectivity index (χ2n) is 30.4. The molecule has 0 aliphatic heterocycles. The Kier molecular flexibility index (Phi) is 128. The van der Waals surface area contributed by atoms with Crippen molar-refractivity contribution in [2.45, 2.75) is 543 Å². The predicted octanol–water partition coefficient (Wildman–Crippen LogP) is 30.4. The summed E-state index contributed by atoms with van der Waals surface area (Å²) in [5.74, 6) is -5.29. The number of rotatable bonds is 76. The van der Waals surface area contributed by atoms with Crippen LogP contribution in [0.5, 0.6) is 0 Å². The highest BCUT2D eigenvalue weighted by Crippen LogP contribution is 2.17. The summed E-state index contributed by atoms with van der Waals surface area (Å²) >= 11 is 0.